The lowest BCUT2D eigenvalue weighted by Gasteiger charge is -2.32. The second-order valence-electron chi connectivity index (χ2n) is 8.55. The zero-order chi connectivity index (χ0) is 25.2. The Bertz CT molecular complexity index is 1210. The van der Waals surface area contributed by atoms with Crippen LogP contribution < -0.4 is 16.1 Å². The number of nitrogens with zero attached hydrogens (tertiary/aromatic N) is 3. The van der Waals surface area contributed by atoms with Gasteiger partial charge in [-0.2, -0.15) is 18.6 Å². The maximum absolute atomic E-state index is 13.7. The van der Waals surface area contributed by atoms with Crippen molar-refractivity contribution in [1.29, 1.82) is 0 Å². The van der Waals surface area contributed by atoms with Crippen molar-refractivity contribution >= 4 is 23.1 Å². The summed E-state index contributed by atoms with van der Waals surface area (Å²) in [6.07, 6.45) is 2.53. The Balaban J connectivity index is 1.40. The number of para-hydroxylation sites is 1. The fraction of sp³-hybridized carbons (Fsp3) is 0.280. The zero-order valence-corrected chi connectivity index (χ0v) is 19.3. The van der Waals surface area contributed by atoms with Gasteiger partial charge in [0.1, 0.15) is 5.84 Å². The Morgan fingerprint density at radius 1 is 1.08 bits per heavy atom. The molecule has 1 fully saturated rings. The normalized spacial score (nSPS) is 21.8. The molecule has 0 aromatic heterocycles. The van der Waals surface area contributed by atoms with Crippen molar-refractivity contribution in [2.24, 2.45) is 4.99 Å². The van der Waals surface area contributed by atoms with Gasteiger partial charge in [-0.05, 0) is 36.4 Å². The number of anilines is 2. The molecule has 2 aromatic rings. The lowest BCUT2D eigenvalue weighted by Crippen LogP contribution is -2.49. The highest BCUT2D eigenvalue weighted by molar-refractivity contribution is 5.96. The molecule has 1 saturated heterocycles. The van der Waals surface area contributed by atoms with Gasteiger partial charge >= 0.3 is 6.18 Å². The number of carbonyl (C=O) groups excluding carboxylic acids is 1. The van der Waals surface area contributed by atoms with E-state index in [-0.39, 0.29) is 18.1 Å². The number of halogens is 3. The van der Waals surface area contributed by atoms with Gasteiger partial charge in [0.2, 0.25) is 11.7 Å². The van der Waals surface area contributed by atoms with Crippen molar-refractivity contribution in [2.45, 2.75) is 12.0 Å². The minimum atomic E-state index is -4.54. The Morgan fingerprint density at radius 3 is 2.56 bits per heavy atom. The number of aliphatic imine (C=N–C) groups is 1. The fourth-order valence-corrected chi connectivity index (χ4v) is 4.24. The van der Waals surface area contributed by atoms with Crippen molar-refractivity contribution in [3.63, 3.8) is 0 Å². The van der Waals surface area contributed by atoms with Crippen LogP contribution in [-0.2, 0) is 21.5 Å². The van der Waals surface area contributed by atoms with Gasteiger partial charge < -0.3 is 15.4 Å². The number of rotatable bonds is 6. The number of fused-ring (bicyclic) bond motifs is 1. The van der Waals surface area contributed by atoms with Crippen LogP contribution in [0.1, 0.15) is 11.1 Å². The number of nitrogens with one attached hydrogen (secondary N) is 3. The Hall–Kier alpha value is -3.67. The van der Waals surface area contributed by atoms with E-state index >= 15 is 0 Å². The summed E-state index contributed by atoms with van der Waals surface area (Å²) in [5, 5.41) is 7.49. The van der Waals surface area contributed by atoms with Crippen LogP contribution in [-0.4, -0.2) is 54.5 Å². The predicted octanol–water partition coefficient (Wildman–Crippen LogP) is 3.50. The molecule has 0 radical (unpaired) electrons. The minimum Gasteiger partial charge on any atom is -0.379 e. The van der Waals surface area contributed by atoms with Crippen LogP contribution in [0.25, 0.3) is 0 Å². The van der Waals surface area contributed by atoms with Crippen molar-refractivity contribution in [3.05, 3.63) is 84.1 Å². The monoisotopic (exact) mass is 498 g/mol. The van der Waals surface area contributed by atoms with E-state index in [1.807, 2.05) is 4.90 Å². The van der Waals surface area contributed by atoms with Gasteiger partial charge in [0.05, 0.1) is 25.3 Å². The Morgan fingerprint density at radius 2 is 1.83 bits per heavy atom. The average molecular weight is 499 g/mol. The quantitative estimate of drug-likeness (QED) is 0.566. The van der Waals surface area contributed by atoms with Crippen LogP contribution in [0.2, 0.25) is 0 Å². The zero-order valence-electron chi connectivity index (χ0n) is 19.3. The van der Waals surface area contributed by atoms with Crippen LogP contribution in [0.15, 0.2) is 78.0 Å². The van der Waals surface area contributed by atoms with Gasteiger partial charge in [-0.3, -0.25) is 14.7 Å². The first-order valence-electron chi connectivity index (χ1n) is 11.5. The maximum Gasteiger partial charge on any atom is 0.418 e. The largest absolute Gasteiger partial charge is 0.418 e. The number of hydrogen-bond donors (Lipinski definition) is 3. The summed E-state index contributed by atoms with van der Waals surface area (Å²) in [6, 6.07) is 12.1. The molecule has 3 N–H and O–H groups in total. The number of morpholine rings is 1. The summed E-state index contributed by atoms with van der Waals surface area (Å²) < 4.78 is 46.4. The molecule has 0 bridgehead atoms. The molecular formula is C25H25F3N6O2. The number of allylic oxidation sites excluding steroid dienone is 2. The maximum atomic E-state index is 13.7. The van der Waals surface area contributed by atoms with Gasteiger partial charge in [0, 0.05) is 36.2 Å². The first-order valence-corrected chi connectivity index (χ1v) is 11.5. The first-order chi connectivity index (χ1) is 17.3. The molecule has 2 aromatic carbocycles. The highest BCUT2D eigenvalue weighted by Crippen LogP contribution is 2.38. The summed E-state index contributed by atoms with van der Waals surface area (Å²) in [4.78, 5) is 19.2. The predicted molar refractivity (Wildman–Crippen MR) is 130 cm³/mol. The standard InChI is InChI=1S/C25H25F3N6O2/c26-24(27,28)20-5-1-2-6-21(20)30-25(31-22-7-3-4-12-34(22)32-25)18-8-10-19(11-9-18)29-23(35)17-33-13-15-36-16-14-33/h1-12,30,32H,13-17H2,(H,29,35). The summed E-state index contributed by atoms with van der Waals surface area (Å²) in [6.45, 7) is 2.86. The number of amides is 1. The van der Waals surface area contributed by atoms with E-state index in [2.05, 4.69) is 16.1 Å². The van der Waals surface area contributed by atoms with Crippen molar-refractivity contribution < 1.29 is 22.7 Å². The van der Waals surface area contributed by atoms with Gasteiger partial charge in [-0.15, -0.1) is 0 Å². The SMILES string of the molecule is O=C(CN1CCOCC1)Nc1ccc(C2(Nc3ccccc3C(F)(F)F)N=C3C=CC=CN3N2)cc1. The Kier molecular flexibility index (Phi) is 6.52. The molecule has 0 spiro atoms. The third kappa shape index (κ3) is 5.13. The lowest BCUT2D eigenvalue weighted by atomic mass is 10.1. The summed E-state index contributed by atoms with van der Waals surface area (Å²) in [7, 11) is 0. The number of ether oxygens (including phenoxy) is 1. The fourth-order valence-electron chi connectivity index (χ4n) is 4.24. The summed E-state index contributed by atoms with van der Waals surface area (Å²) in [5.41, 5.74) is 3.40. The van der Waals surface area contributed by atoms with Crippen LogP contribution in [0.5, 0.6) is 0 Å². The third-order valence-corrected chi connectivity index (χ3v) is 6.01. The molecule has 0 aliphatic carbocycles. The van der Waals surface area contributed by atoms with Crippen LogP contribution in [0.4, 0.5) is 24.5 Å². The van der Waals surface area contributed by atoms with E-state index in [1.165, 1.54) is 18.2 Å². The topological polar surface area (TPSA) is 81.2 Å². The molecule has 188 valence electrons. The van der Waals surface area contributed by atoms with Crippen LogP contribution in [0.3, 0.4) is 0 Å². The molecule has 5 rings (SSSR count). The minimum absolute atomic E-state index is 0.113. The van der Waals surface area contributed by atoms with Gasteiger partial charge in [-0.1, -0.05) is 30.3 Å². The van der Waals surface area contributed by atoms with Gasteiger partial charge in [0.25, 0.3) is 0 Å². The molecule has 0 saturated carbocycles. The molecule has 1 unspecified atom stereocenters. The van der Waals surface area contributed by atoms with Crippen molar-refractivity contribution in [3.8, 4) is 0 Å². The van der Waals surface area contributed by atoms with E-state index in [0.29, 0.717) is 43.4 Å². The average Bonchev–Trinajstić information content (AvgIpc) is 3.24. The van der Waals surface area contributed by atoms with Crippen LogP contribution >= 0.6 is 0 Å². The number of hydrazine groups is 1. The number of hydrogen-bond acceptors (Lipinski definition) is 7. The molecule has 3 heterocycles. The van der Waals surface area contributed by atoms with Crippen molar-refractivity contribution in [2.75, 3.05) is 43.5 Å². The molecule has 1 atom stereocenters. The van der Waals surface area contributed by atoms with E-state index in [9.17, 15) is 18.0 Å². The lowest BCUT2D eigenvalue weighted by molar-refractivity contribution is -0.137. The molecule has 3 aliphatic rings. The van der Waals surface area contributed by atoms with Crippen molar-refractivity contribution in [1.82, 2.24) is 15.3 Å². The molecule has 3 aliphatic heterocycles. The van der Waals surface area contributed by atoms with E-state index in [4.69, 9.17) is 9.73 Å². The van der Waals surface area contributed by atoms with E-state index in [1.54, 1.807) is 53.7 Å². The van der Waals surface area contributed by atoms with Gasteiger partial charge in [-0.25, -0.2) is 4.99 Å². The molecule has 36 heavy (non-hydrogen) atoms. The number of alkyl halides is 3. The molecule has 11 heteroatoms. The van der Waals surface area contributed by atoms with E-state index in [0.717, 1.165) is 6.07 Å². The second kappa shape index (κ2) is 9.76. The highest BCUT2D eigenvalue weighted by atomic mass is 19.4. The molecular weight excluding hydrogens is 473 g/mol. The smallest absolute Gasteiger partial charge is 0.379 e. The molecule has 1 amide bonds. The van der Waals surface area contributed by atoms with Gasteiger partial charge in [0.15, 0.2) is 0 Å². The van der Waals surface area contributed by atoms with Crippen LogP contribution in [0, 0.1) is 0 Å². The number of carbonyl (C=O) groups is 1. The number of benzene rings is 2. The number of amidine groups is 1. The second-order valence-corrected chi connectivity index (χ2v) is 8.55. The summed E-state index contributed by atoms with van der Waals surface area (Å²) in [5.74, 6) is -1.02. The first kappa shape index (κ1) is 24.0. The highest BCUT2D eigenvalue weighted by Gasteiger charge is 2.42. The third-order valence-electron chi connectivity index (χ3n) is 6.01. The Labute approximate surface area is 206 Å². The summed E-state index contributed by atoms with van der Waals surface area (Å²) >= 11 is 0. The van der Waals surface area contributed by atoms with E-state index < -0.39 is 17.5 Å². The molecule has 8 nitrogen and oxygen atoms in total.